The van der Waals surface area contributed by atoms with Gasteiger partial charge in [-0.2, -0.15) is 0 Å². The summed E-state index contributed by atoms with van der Waals surface area (Å²) in [6, 6.07) is 11.2. The van der Waals surface area contributed by atoms with Crippen molar-refractivity contribution in [2.24, 2.45) is 0 Å². The summed E-state index contributed by atoms with van der Waals surface area (Å²) in [5.41, 5.74) is 1.48. The topological polar surface area (TPSA) is 44.2 Å². The van der Waals surface area contributed by atoms with Crippen LogP contribution in [0.25, 0.3) is 11.0 Å². The van der Waals surface area contributed by atoms with E-state index in [4.69, 9.17) is 9.47 Å². The second-order valence-electron chi connectivity index (χ2n) is 4.08. The molecule has 0 bridgehead atoms. The lowest BCUT2D eigenvalue weighted by atomic mass is 10.3. The highest BCUT2D eigenvalue weighted by molar-refractivity contribution is 9.10. The van der Waals surface area contributed by atoms with Crippen LogP contribution in [0.1, 0.15) is 0 Å². The summed E-state index contributed by atoms with van der Waals surface area (Å²) >= 11 is 3.38. The van der Waals surface area contributed by atoms with E-state index >= 15 is 0 Å². The number of pyridine rings is 2. The molecule has 0 N–H and O–H groups in total. The summed E-state index contributed by atoms with van der Waals surface area (Å²) in [4.78, 5) is 8.64. The molecule has 0 atom stereocenters. The SMILES string of the molecule is COc1ccccc1Oc1ccnc2cc(Br)cnc12. The fourth-order valence-electron chi connectivity index (χ4n) is 1.88. The van der Waals surface area contributed by atoms with Crippen LogP contribution in [0, 0.1) is 0 Å². The van der Waals surface area contributed by atoms with Gasteiger partial charge >= 0.3 is 0 Å². The Morgan fingerprint density at radius 2 is 1.80 bits per heavy atom. The van der Waals surface area contributed by atoms with Crippen molar-refractivity contribution in [2.75, 3.05) is 7.11 Å². The van der Waals surface area contributed by atoms with Gasteiger partial charge < -0.3 is 9.47 Å². The van der Waals surface area contributed by atoms with Crippen LogP contribution >= 0.6 is 15.9 Å². The molecule has 0 saturated carbocycles. The molecule has 0 unspecified atom stereocenters. The van der Waals surface area contributed by atoms with Crippen molar-refractivity contribution in [1.29, 1.82) is 0 Å². The summed E-state index contributed by atoms with van der Waals surface area (Å²) < 4.78 is 12.1. The van der Waals surface area contributed by atoms with Gasteiger partial charge in [-0.05, 0) is 34.1 Å². The molecule has 1 aromatic carbocycles. The number of para-hydroxylation sites is 2. The number of hydrogen-bond acceptors (Lipinski definition) is 4. The lowest BCUT2D eigenvalue weighted by Crippen LogP contribution is -1.92. The number of fused-ring (bicyclic) bond motifs is 1. The average molecular weight is 331 g/mol. The third-order valence-corrected chi connectivity index (χ3v) is 3.23. The Kier molecular flexibility index (Phi) is 3.52. The van der Waals surface area contributed by atoms with Crippen LogP contribution in [-0.2, 0) is 0 Å². The van der Waals surface area contributed by atoms with Gasteiger partial charge in [-0.15, -0.1) is 0 Å². The smallest absolute Gasteiger partial charge is 0.169 e. The zero-order chi connectivity index (χ0) is 13.9. The van der Waals surface area contributed by atoms with E-state index < -0.39 is 0 Å². The molecule has 0 aliphatic rings. The molecule has 100 valence electrons. The molecule has 3 rings (SSSR count). The minimum atomic E-state index is 0.645. The molecule has 0 fully saturated rings. The summed E-state index contributed by atoms with van der Waals surface area (Å²) in [7, 11) is 1.61. The molecular weight excluding hydrogens is 320 g/mol. The Labute approximate surface area is 124 Å². The van der Waals surface area contributed by atoms with E-state index in [0.29, 0.717) is 22.8 Å². The van der Waals surface area contributed by atoms with Gasteiger partial charge in [-0.3, -0.25) is 4.98 Å². The number of methoxy groups -OCH3 is 1. The molecular formula is C15H11BrN2O2. The van der Waals surface area contributed by atoms with Gasteiger partial charge in [0.05, 0.1) is 12.6 Å². The number of ether oxygens (including phenoxy) is 2. The van der Waals surface area contributed by atoms with Crippen LogP contribution in [0.5, 0.6) is 17.2 Å². The molecule has 0 amide bonds. The van der Waals surface area contributed by atoms with E-state index in [0.717, 1.165) is 9.99 Å². The van der Waals surface area contributed by atoms with Crippen molar-refractivity contribution >= 4 is 27.0 Å². The molecule has 20 heavy (non-hydrogen) atoms. The van der Waals surface area contributed by atoms with Gasteiger partial charge in [-0.25, -0.2) is 4.98 Å². The summed E-state index contributed by atoms with van der Waals surface area (Å²) in [6.45, 7) is 0. The summed E-state index contributed by atoms with van der Waals surface area (Å²) in [5, 5.41) is 0. The van der Waals surface area contributed by atoms with Gasteiger partial charge in [0, 0.05) is 22.9 Å². The molecule has 0 radical (unpaired) electrons. The van der Waals surface area contributed by atoms with Crippen molar-refractivity contribution < 1.29 is 9.47 Å². The van der Waals surface area contributed by atoms with Crippen LogP contribution < -0.4 is 9.47 Å². The lowest BCUT2D eigenvalue weighted by Gasteiger charge is -2.11. The Bertz CT molecular complexity index is 762. The van der Waals surface area contributed by atoms with Crippen molar-refractivity contribution in [3.8, 4) is 17.2 Å². The first-order valence-electron chi connectivity index (χ1n) is 5.99. The van der Waals surface area contributed by atoms with Crippen molar-refractivity contribution in [3.63, 3.8) is 0 Å². The summed E-state index contributed by atoms with van der Waals surface area (Å²) in [6.07, 6.45) is 3.42. The Morgan fingerprint density at radius 3 is 2.60 bits per heavy atom. The standard InChI is InChI=1S/C15H11BrN2O2/c1-19-12-4-2-3-5-13(12)20-14-6-7-17-11-8-10(16)9-18-15(11)14/h2-9H,1H3. The monoisotopic (exact) mass is 330 g/mol. The first-order chi connectivity index (χ1) is 9.78. The maximum absolute atomic E-state index is 5.91. The predicted molar refractivity (Wildman–Crippen MR) is 80.3 cm³/mol. The average Bonchev–Trinajstić information content (AvgIpc) is 2.47. The van der Waals surface area contributed by atoms with E-state index in [2.05, 4.69) is 25.9 Å². The van der Waals surface area contributed by atoms with E-state index in [9.17, 15) is 0 Å². The number of hydrogen-bond donors (Lipinski definition) is 0. The number of rotatable bonds is 3. The highest BCUT2D eigenvalue weighted by Crippen LogP contribution is 2.33. The fraction of sp³-hybridized carbons (Fsp3) is 0.0667. The fourth-order valence-corrected chi connectivity index (χ4v) is 2.20. The third kappa shape index (κ3) is 2.44. The van der Waals surface area contributed by atoms with Gasteiger partial charge in [0.25, 0.3) is 0 Å². The maximum Gasteiger partial charge on any atom is 0.169 e. The molecule has 0 aliphatic carbocycles. The van der Waals surface area contributed by atoms with Crippen LogP contribution in [-0.4, -0.2) is 17.1 Å². The second kappa shape index (κ2) is 5.46. The van der Waals surface area contributed by atoms with Crippen molar-refractivity contribution in [1.82, 2.24) is 9.97 Å². The van der Waals surface area contributed by atoms with Crippen molar-refractivity contribution in [2.45, 2.75) is 0 Å². The largest absolute Gasteiger partial charge is 0.493 e. The molecule has 2 aromatic heterocycles. The van der Waals surface area contributed by atoms with Gasteiger partial charge in [0.15, 0.2) is 17.2 Å². The van der Waals surface area contributed by atoms with Gasteiger partial charge in [-0.1, -0.05) is 12.1 Å². The van der Waals surface area contributed by atoms with Crippen molar-refractivity contribution in [3.05, 3.63) is 53.3 Å². The molecule has 0 saturated heterocycles. The first-order valence-corrected chi connectivity index (χ1v) is 6.78. The Balaban J connectivity index is 2.07. The van der Waals surface area contributed by atoms with Crippen LogP contribution in [0.2, 0.25) is 0 Å². The highest BCUT2D eigenvalue weighted by atomic mass is 79.9. The molecule has 0 spiro atoms. The van der Waals surface area contributed by atoms with Crippen LogP contribution in [0.15, 0.2) is 53.3 Å². The number of nitrogens with zero attached hydrogens (tertiary/aromatic N) is 2. The zero-order valence-corrected chi connectivity index (χ0v) is 12.3. The normalized spacial score (nSPS) is 10.5. The van der Waals surface area contributed by atoms with E-state index in [1.165, 1.54) is 0 Å². The summed E-state index contributed by atoms with van der Waals surface area (Å²) in [5.74, 6) is 1.97. The van der Waals surface area contributed by atoms with E-state index in [1.54, 1.807) is 25.6 Å². The quantitative estimate of drug-likeness (QED) is 0.722. The predicted octanol–water partition coefficient (Wildman–Crippen LogP) is 4.19. The van der Waals surface area contributed by atoms with Crippen LogP contribution in [0.4, 0.5) is 0 Å². The van der Waals surface area contributed by atoms with E-state index in [-0.39, 0.29) is 0 Å². The Hall–Kier alpha value is -2.14. The highest BCUT2D eigenvalue weighted by Gasteiger charge is 2.09. The minimum absolute atomic E-state index is 0.645. The third-order valence-electron chi connectivity index (χ3n) is 2.80. The van der Waals surface area contributed by atoms with Crippen LogP contribution in [0.3, 0.4) is 0 Å². The molecule has 0 aliphatic heterocycles. The van der Waals surface area contributed by atoms with Gasteiger partial charge in [0.2, 0.25) is 0 Å². The zero-order valence-electron chi connectivity index (χ0n) is 10.7. The van der Waals surface area contributed by atoms with Gasteiger partial charge in [0.1, 0.15) is 5.52 Å². The molecule has 3 aromatic rings. The Morgan fingerprint density at radius 1 is 1.00 bits per heavy atom. The number of benzene rings is 1. The molecule has 4 nitrogen and oxygen atoms in total. The first kappa shape index (κ1) is 12.9. The number of aromatic nitrogens is 2. The van der Waals surface area contributed by atoms with E-state index in [1.807, 2.05) is 30.3 Å². The number of halogens is 1. The minimum Gasteiger partial charge on any atom is -0.493 e. The lowest BCUT2D eigenvalue weighted by molar-refractivity contribution is 0.380. The molecule has 5 heteroatoms. The second-order valence-corrected chi connectivity index (χ2v) is 5.00. The molecule has 2 heterocycles. The maximum atomic E-state index is 5.91.